The number of methoxy groups -OCH3 is 1. The van der Waals surface area contributed by atoms with Crippen LogP contribution in [0, 0.1) is 20.2 Å². The molecule has 10 nitrogen and oxygen atoms in total. The lowest BCUT2D eigenvalue weighted by Crippen LogP contribution is -2.07. The summed E-state index contributed by atoms with van der Waals surface area (Å²) < 4.78 is 4.53. The number of rotatable bonds is 8. The number of nitro groups is 2. The third-order valence-electron chi connectivity index (χ3n) is 2.98. The van der Waals surface area contributed by atoms with Crippen LogP contribution in [0.1, 0.15) is 26.2 Å². The molecule has 0 saturated heterocycles. The monoisotopic (exact) mass is 324 g/mol. The Labute approximate surface area is 131 Å². The average Bonchev–Trinajstić information content (AvgIpc) is 2.54. The number of anilines is 1. The van der Waals surface area contributed by atoms with E-state index in [0.29, 0.717) is 18.6 Å². The van der Waals surface area contributed by atoms with E-state index in [1.165, 1.54) is 13.2 Å². The second-order valence-electron chi connectivity index (χ2n) is 4.44. The zero-order valence-corrected chi connectivity index (χ0v) is 12.6. The van der Waals surface area contributed by atoms with Gasteiger partial charge in [0, 0.05) is 11.8 Å². The molecular weight excluding hydrogens is 308 g/mol. The molecule has 0 heterocycles. The molecule has 0 aliphatic carbocycles. The predicted octanol–water partition coefficient (Wildman–Crippen LogP) is 2.63. The Kier molecular flexibility index (Phi) is 6.59. The molecule has 1 rings (SSSR count). The zero-order valence-electron chi connectivity index (χ0n) is 12.6. The van der Waals surface area contributed by atoms with Crippen LogP contribution in [0.4, 0.5) is 17.1 Å². The Morgan fingerprint density at radius 3 is 2.48 bits per heavy atom. The molecule has 0 aromatic heterocycles. The zero-order chi connectivity index (χ0) is 17.4. The fraction of sp³-hybridized carbons (Fsp3) is 0.385. The van der Waals surface area contributed by atoms with E-state index in [1.54, 1.807) is 0 Å². The first-order chi connectivity index (χ1) is 10.9. The summed E-state index contributed by atoms with van der Waals surface area (Å²) in [7, 11) is 1.28. The summed E-state index contributed by atoms with van der Waals surface area (Å²) in [6, 6.07) is 3.22. The second kappa shape index (κ2) is 8.41. The molecule has 124 valence electrons. The number of ether oxygens (including phenoxy) is 1. The molecule has 0 unspecified atom stereocenters. The largest absolute Gasteiger partial charge is 0.469 e. The molecule has 0 aliphatic heterocycles. The molecule has 0 aliphatic rings. The van der Waals surface area contributed by atoms with Crippen molar-refractivity contribution >= 4 is 28.7 Å². The number of hydrogen-bond acceptors (Lipinski definition) is 8. The number of carbonyl (C=O) groups is 1. The molecule has 1 aromatic carbocycles. The van der Waals surface area contributed by atoms with E-state index in [4.69, 9.17) is 0 Å². The highest BCUT2D eigenvalue weighted by Gasteiger charge is 2.19. The van der Waals surface area contributed by atoms with E-state index in [0.717, 1.165) is 12.1 Å². The van der Waals surface area contributed by atoms with Crippen molar-refractivity contribution in [1.29, 1.82) is 0 Å². The molecule has 0 spiro atoms. The van der Waals surface area contributed by atoms with E-state index in [2.05, 4.69) is 15.3 Å². The van der Waals surface area contributed by atoms with Crippen LogP contribution in [0.3, 0.4) is 0 Å². The maximum atomic E-state index is 11.1. The van der Waals surface area contributed by atoms with Gasteiger partial charge in [-0.25, -0.2) is 0 Å². The highest BCUT2D eigenvalue weighted by Crippen LogP contribution is 2.28. The molecule has 0 bridgehead atoms. The van der Waals surface area contributed by atoms with Crippen molar-refractivity contribution in [3.8, 4) is 0 Å². The SMILES string of the molecule is CCC(CCC(=O)OC)=NNc1ccc([N+](=O)[O-])cc1[N+](=O)[O-]. The van der Waals surface area contributed by atoms with Crippen LogP contribution in [-0.2, 0) is 9.53 Å². The van der Waals surface area contributed by atoms with Crippen LogP contribution in [0.25, 0.3) is 0 Å². The normalized spacial score (nSPS) is 11.0. The number of non-ortho nitro benzene ring substituents is 1. The number of nitro benzene ring substituents is 2. The summed E-state index contributed by atoms with van der Waals surface area (Å²) in [6.07, 6.45) is 1.02. The van der Waals surface area contributed by atoms with Gasteiger partial charge in [0.2, 0.25) is 0 Å². The van der Waals surface area contributed by atoms with Gasteiger partial charge in [-0.3, -0.25) is 30.4 Å². The number of nitrogens with zero attached hydrogens (tertiary/aromatic N) is 3. The third-order valence-corrected chi connectivity index (χ3v) is 2.98. The summed E-state index contributed by atoms with van der Waals surface area (Å²) in [6.45, 7) is 1.82. The Balaban J connectivity index is 2.93. The first kappa shape index (κ1) is 18.0. The maximum Gasteiger partial charge on any atom is 0.305 e. The van der Waals surface area contributed by atoms with Gasteiger partial charge in [-0.05, 0) is 18.9 Å². The van der Waals surface area contributed by atoms with Crippen molar-refractivity contribution in [2.24, 2.45) is 5.10 Å². The molecule has 1 N–H and O–H groups in total. The lowest BCUT2D eigenvalue weighted by molar-refractivity contribution is -0.393. The number of hydrazone groups is 1. The number of nitrogens with one attached hydrogen (secondary N) is 1. The van der Waals surface area contributed by atoms with Gasteiger partial charge in [0.05, 0.1) is 29.4 Å². The molecule has 0 fully saturated rings. The molecule has 0 radical (unpaired) electrons. The smallest absolute Gasteiger partial charge is 0.305 e. The highest BCUT2D eigenvalue weighted by molar-refractivity contribution is 5.88. The van der Waals surface area contributed by atoms with Crippen molar-refractivity contribution in [2.45, 2.75) is 26.2 Å². The van der Waals surface area contributed by atoms with Crippen LogP contribution in [0.2, 0.25) is 0 Å². The Hall–Kier alpha value is -3.04. The quantitative estimate of drug-likeness (QED) is 0.336. The number of hydrogen-bond donors (Lipinski definition) is 1. The van der Waals surface area contributed by atoms with E-state index in [1.807, 2.05) is 6.92 Å². The predicted molar refractivity (Wildman–Crippen MR) is 82.3 cm³/mol. The van der Waals surface area contributed by atoms with E-state index >= 15 is 0 Å². The van der Waals surface area contributed by atoms with Crippen LogP contribution < -0.4 is 5.43 Å². The van der Waals surface area contributed by atoms with E-state index < -0.39 is 15.5 Å². The Bertz CT molecular complexity index is 643. The van der Waals surface area contributed by atoms with Crippen LogP contribution in [-0.4, -0.2) is 28.6 Å². The minimum absolute atomic E-state index is 0.0321. The number of benzene rings is 1. The average molecular weight is 324 g/mol. The van der Waals surface area contributed by atoms with Gasteiger partial charge in [0.25, 0.3) is 5.69 Å². The Morgan fingerprint density at radius 1 is 1.26 bits per heavy atom. The van der Waals surface area contributed by atoms with E-state index in [9.17, 15) is 25.0 Å². The highest BCUT2D eigenvalue weighted by atomic mass is 16.6. The van der Waals surface area contributed by atoms with Gasteiger partial charge in [-0.15, -0.1) is 0 Å². The van der Waals surface area contributed by atoms with Crippen molar-refractivity contribution in [2.75, 3.05) is 12.5 Å². The molecular formula is C13H16N4O6. The summed E-state index contributed by atoms with van der Waals surface area (Å²) in [5.74, 6) is -0.382. The molecule has 0 amide bonds. The number of carbonyl (C=O) groups excluding carboxylic acids is 1. The fourth-order valence-electron chi connectivity index (χ4n) is 1.68. The third kappa shape index (κ3) is 5.34. The molecule has 23 heavy (non-hydrogen) atoms. The summed E-state index contributed by atoms with van der Waals surface area (Å²) in [4.78, 5) is 31.3. The number of esters is 1. The van der Waals surface area contributed by atoms with Crippen LogP contribution in [0.15, 0.2) is 23.3 Å². The van der Waals surface area contributed by atoms with Crippen LogP contribution in [0.5, 0.6) is 0 Å². The van der Waals surface area contributed by atoms with Gasteiger partial charge in [0.1, 0.15) is 5.69 Å². The topological polar surface area (TPSA) is 137 Å². The molecule has 1 aromatic rings. The lowest BCUT2D eigenvalue weighted by Gasteiger charge is -2.06. The molecule has 10 heteroatoms. The molecule has 0 saturated carbocycles. The minimum Gasteiger partial charge on any atom is -0.469 e. The minimum atomic E-state index is -0.731. The second-order valence-corrected chi connectivity index (χ2v) is 4.44. The lowest BCUT2D eigenvalue weighted by atomic mass is 10.2. The molecule has 0 atom stereocenters. The summed E-state index contributed by atoms with van der Waals surface area (Å²) in [5.41, 5.74) is 2.34. The van der Waals surface area contributed by atoms with Crippen molar-refractivity contribution < 1.29 is 19.4 Å². The van der Waals surface area contributed by atoms with Gasteiger partial charge in [-0.1, -0.05) is 6.92 Å². The standard InChI is InChI=1S/C13H16N4O6/c1-3-9(4-7-13(18)23-2)14-15-11-6-5-10(16(19)20)8-12(11)17(21)22/h5-6,8,15H,3-4,7H2,1-2H3. The van der Waals surface area contributed by atoms with Crippen LogP contribution >= 0.6 is 0 Å². The summed E-state index contributed by atoms with van der Waals surface area (Å²) in [5, 5.41) is 25.7. The van der Waals surface area contributed by atoms with Gasteiger partial charge >= 0.3 is 11.7 Å². The Morgan fingerprint density at radius 2 is 1.96 bits per heavy atom. The van der Waals surface area contributed by atoms with Gasteiger partial charge in [-0.2, -0.15) is 5.10 Å². The van der Waals surface area contributed by atoms with Crippen molar-refractivity contribution in [3.05, 3.63) is 38.4 Å². The van der Waals surface area contributed by atoms with Crippen molar-refractivity contribution in [1.82, 2.24) is 0 Å². The fourth-order valence-corrected chi connectivity index (χ4v) is 1.68. The first-order valence-electron chi connectivity index (χ1n) is 6.70. The van der Waals surface area contributed by atoms with E-state index in [-0.39, 0.29) is 23.8 Å². The van der Waals surface area contributed by atoms with Gasteiger partial charge in [0.15, 0.2) is 0 Å². The van der Waals surface area contributed by atoms with Crippen molar-refractivity contribution in [3.63, 3.8) is 0 Å². The first-order valence-corrected chi connectivity index (χ1v) is 6.70. The summed E-state index contributed by atoms with van der Waals surface area (Å²) >= 11 is 0. The van der Waals surface area contributed by atoms with Gasteiger partial charge < -0.3 is 4.74 Å². The maximum absolute atomic E-state index is 11.1.